The molecule has 0 saturated carbocycles. The second kappa shape index (κ2) is 8.20. The molecule has 4 heteroatoms. The minimum atomic E-state index is 0.494. The molecule has 0 bridgehead atoms. The van der Waals surface area contributed by atoms with Crippen molar-refractivity contribution < 1.29 is 0 Å². The second-order valence-electron chi connectivity index (χ2n) is 5.80. The van der Waals surface area contributed by atoms with Crippen molar-refractivity contribution in [3.05, 3.63) is 59.1 Å². The fourth-order valence-electron chi connectivity index (χ4n) is 3.15. The molecule has 0 spiro atoms. The first-order chi connectivity index (χ1) is 11.3. The van der Waals surface area contributed by atoms with Gasteiger partial charge in [-0.2, -0.15) is 0 Å². The summed E-state index contributed by atoms with van der Waals surface area (Å²) in [6.45, 7) is 6.71. The molecule has 1 aliphatic heterocycles. The third-order valence-electron chi connectivity index (χ3n) is 4.30. The van der Waals surface area contributed by atoms with Crippen LogP contribution in [0.5, 0.6) is 0 Å². The fourth-order valence-corrected chi connectivity index (χ4v) is 4.27. The lowest BCUT2D eigenvalue weighted by Gasteiger charge is -2.35. The standard InChI is InChI=1S/C19H23ClN2S/c1-2-18(22-13-11-21-12-14-22)17-5-3-4-6-19(17)23-16-9-7-15(20)8-10-16/h3-10,18,21H,2,11-14H2,1H3/t18-/m1/s1. The van der Waals surface area contributed by atoms with Gasteiger partial charge in [0, 0.05) is 47.0 Å². The molecule has 1 N–H and O–H groups in total. The first-order valence-electron chi connectivity index (χ1n) is 8.25. The summed E-state index contributed by atoms with van der Waals surface area (Å²) in [6, 6.07) is 17.4. The molecule has 23 heavy (non-hydrogen) atoms. The van der Waals surface area contributed by atoms with Crippen molar-refractivity contribution >= 4 is 23.4 Å². The van der Waals surface area contributed by atoms with Crippen molar-refractivity contribution in [2.24, 2.45) is 0 Å². The molecule has 0 radical (unpaired) electrons. The number of hydrogen-bond acceptors (Lipinski definition) is 3. The number of nitrogens with one attached hydrogen (secondary N) is 1. The summed E-state index contributed by atoms with van der Waals surface area (Å²) < 4.78 is 0. The van der Waals surface area contributed by atoms with Crippen molar-refractivity contribution in [2.45, 2.75) is 29.2 Å². The Bertz CT molecular complexity index is 624. The second-order valence-corrected chi connectivity index (χ2v) is 7.36. The van der Waals surface area contributed by atoms with Crippen LogP contribution in [0.15, 0.2) is 58.3 Å². The number of piperazine rings is 1. The molecule has 0 aromatic heterocycles. The minimum absolute atomic E-state index is 0.494. The zero-order valence-electron chi connectivity index (χ0n) is 13.5. The average Bonchev–Trinajstić information content (AvgIpc) is 2.60. The number of benzene rings is 2. The highest BCUT2D eigenvalue weighted by Gasteiger charge is 2.22. The Balaban J connectivity index is 1.85. The maximum absolute atomic E-state index is 6.00. The van der Waals surface area contributed by atoms with Crippen LogP contribution in [-0.2, 0) is 0 Å². The molecule has 0 aliphatic carbocycles. The maximum atomic E-state index is 6.00. The van der Waals surface area contributed by atoms with Crippen molar-refractivity contribution in [3.63, 3.8) is 0 Å². The zero-order chi connectivity index (χ0) is 16.1. The number of halogens is 1. The van der Waals surface area contributed by atoms with E-state index < -0.39 is 0 Å². The Kier molecular flexibility index (Phi) is 6.01. The van der Waals surface area contributed by atoms with E-state index in [0.29, 0.717) is 6.04 Å². The molecule has 2 aromatic rings. The van der Waals surface area contributed by atoms with E-state index in [0.717, 1.165) is 37.6 Å². The predicted molar refractivity (Wildman–Crippen MR) is 99.5 cm³/mol. The topological polar surface area (TPSA) is 15.3 Å². The average molecular weight is 347 g/mol. The summed E-state index contributed by atoms with van der Waals surface area (Å²) >= 11 is 7.83. The third-order valence-corrected chi connectivity index (χ3v) is 5.65. The van der Waals surface area contributed by atoms with Gasteiger partial charge in [-0.3, -0.25) is 4.90 Å². The Morgan fingerprint density at radius 3 is 2.48 bits per heavy atom. The summed E-state index contributed by atoms with van der Waals surface area (Å²) in [6.07, 6.45) is 1.14. The molecule has 1 heterocycles. The molecule has 2 nitrogen and oxygen atoms in total. The summed E-state index contributed by atoms with van der Waals surface area (Å²) in [5.41, 5.74) is 1.44. The van der Waals surface area contributed by atoms with Gasteiger partial charge in [-0.05, 0) is 42.3 Å². The van der Waals surface area contributed by atoms with E-state index in [4.69, 9.17) is 11.6 Å². The number of rotatable bonds is 5. The van der Waals surface area contributed by atoms with Crippen LogP contribution < -0.4 is 5.32 Å². The summed E-state index contributed by atoms with van der Waals surface area (Å²) in [5, 5.41) is 4.23. The Morgan fingerprint density at radius 1 is 1.09 bits per heavy atom. The van der Waals surface area contributed by atoms with Crippen LogP contribution in [0.2, 0.25) is 5.02 Å². The van der Waals surface area contributed by atoms with E-state index in [-0.39, 0.29) is 0 Å². The van der Waals surface area contributed by atoms with Crippen LogP contribution in [0.1, 0.15) is 24.9 Å². The van der Waals surface area contributed by atoms with E-state index in [9.17, 15) is 0 Å². The van der Waals surface area contributed by atoms with Gasteiger partial charge in [-0.1, -0.05) is 48.5 Å². The van der Waals surface area contributed by atoms with Gasteiger partial charge in [0.25, 0.3) is 0 Å². The number of hydrogen-bond donors (Lipinski definition) is 1. The Morgan fingerprint density at radius 2 is 1.78 bits per heavy atom. The summed E-state index contributed by atoms with van der Waals surface area (Å²) in [5.74, 6) is 0. The third kappa shape index (κ3) is 4.30. The van der Waals surface area contributed by atoms with Crippen LogP contribution >= 0.6 is 23.4 Å². The zero-order valence-corrected chi connectivity index (χ0v) is 15.0. The molecule has 1 atom stereocenters. The van der Waals surface area contributed by atoms with E-state index in [2.05, 4.69) is 53.5 Å². The predicted octanol–water partition coefficient (Wildman–Crippen LogP) is 4.85. The van der Waals surface area contributed by atoms with Crippen LogP contribution in [0.3, 0.4) is 0 Å². The van der Waals surface area contributed by atoms with E-state index in [1.165, 1.54) is 15.4 Å². The molecule has 2 aromatic carbocycles. The Labute approximate surface area is 148 Å². The van der Waals surface area contributed by atoms with Gasteiger partial charge in [0.1, 0.15) is 0 Å². The lowest BCUT2D eigenvalue weighted by Crippen LogP contribution is -2.45. The Hall–Kier alpha value is -1.00. The normalized spacial score (nSPS) is 17.1. The molecule has 1 fully saturated rings. The lowest BCUT2D eigenvalue weighted by atomic mass is 10.0. The maximum Gasteiger partial charge on any atom is 0.0406 e. The van der Waals surface area contributed by atoms with Crippen LogP contribution in [0.25, 0.3) is 0 Å². The molecule has 0 amide bonds. The van der Waals surface area contributed by atoms with Crippen LogP contribution in [0, 0.1) is 0 Å². The van der Waals surface area contributed by atoms with Crippen LogP contribution in [-0.4, -0.2) is 31.1 Å². The lowest BCUT2D eigenvalue weighted by molar-refractivity contribution is 0.167. The molecule has 1 saturated heterocycles. The van der Waals surface area contributed by atoms with Crippen molar-refractivity contribution in [1.82, 2.24) is 10.2 Å². The molecule has 3 rings (SSSR count). The van der Waals surface area contributed by atoms with Gasteiger partial charge >= 0.3 is 0 Å². The van der Waals surface area contributed by atoms with Gasteiger partial charge < -0.3 is 5.32 Å². The van der Waals surface area contributed by atoms with E-state index >= 15 is 0 Å². The first-order valence-corrected chi connectivity index (χ1v) is 9.44. The highest BCUT2D eigenvalue weighted by atomic mass is 35.5. The molecule has 122 valence electrons. The largest absolute Gasteiger partial charge is 0.314 e. The summed E-state index contributed by atoms with van der Waals surface area (Å²) in [4.78, 5) is 5.19. The SMILES string of the molecule is CC[C@H](c1ccccc1Sc1ccc(Cl)cc1)N1CCNCC1. The van der Waals surface area contributed by atoms with Gasteiger partial charge in [0.2, 0.25) is 0 Å². The van der Waals surface area contributed by atoms with Crippen LogP contribution in [0.4, 0.5) is 0 Å². The molecule has 1 aliphatic rings. The van der Waals surface area contributed by atoms with E-state index in [1.54, 1.807) is 0 Å². The van der Waals surface area contributed by atoms with Crippen molar-refractivity contribution in [1.29, 1.82) is 0 Å². The van der Waals surface area contributed by atoms with Crippen molar-refractivity contribution in [3.8, 4) is 0 Å². The van der Waals surface area contributed by atoms with Gasteiger partial charge in [-0.25, -0.2) is 0 Å². The highest BCUT2D eigenvalue weighted by molar-refractivity contribution is 7.99. The van der Waals surface area contributed by atoms with Gasteiger partial charge in [0.05, 0.1) is 0 Å². The molecular weight excluding hydrogens is 324 g/mol. The monoisotopic (exact) mass is 346 g/mol. The highest BCUT2D eigenvalue weighted by Crippen LogP contribution is 2.36. The van der Waals surface area contributed by atoms with Gasteiger partial charge in [0.15, 0.2) is 0 Å². The smallest absolute Gasteiger partial charge is 0.0406 e. The summed E-state index contributed by atoms with van der Waals surface area (Å²) in [7, 11) is 0. The fraction of sp³-hybridized carbons (Fsp3) is 0.368. The van der Waals surface area contributed by atoms with Crippen molar-refractivity contribution in [2.75, 3.05) is 26.2 Å². The van der Waals surface area contributed by atoms with Gasteiger partial charge in [-0.15, -0.1) is 0 Å². The molecular formula is C19H23ClN2S. The quantitative estimate of drug-likeness (QED) is 0.833. The van der Waals surface area contributed by atoms with E-state index in [1.807, 2.05) is 23.9 Å². The number of nitrogens with zero attached hydrogens (tertiary/aromatic N) is 1. The first kappa shape index (κ1) is 16.8. The molecule has 0 unspecified atom stereocenters. The minimum Gasteiger partial charge on any atom is -0.314 e.